The van der Waals surface area contributed by atoms with Crippen LogP contribution in [0, 0.1) is 17.5 Å². The van der Waals surface area contributed by atoms with Crippen molar-refractivity contribution in [1.29, 1.82) is 4.78 Å². The normalized spacial score (nSPS) is 13.3. The minimum Gasteiger partial charge on any atom is -0.432 e. The molecule has 0 spiro atoms. The Morgan fingerprint density at radius 3 is 2.44 bits per heavy atom. The first-order chi connectivity index (χ1) is 15.7. The molecule has 0 fully saturated rings. The van der Waals surface area contributed by atoms with Crippen LogP contribution >= 0.6 is 23.2 Å². The predicted molar refractivity (Wildman–Crippen MR) is 118 cm³/mol. The molecule has 0 saturated heterocycles. The monoisotopic (exact) mass is 536 g/mol. The summed E-state index contributed by atoms with van der Waals surface area (Å²) < 4.78 is 79.5. The van der Waals surface area contributed by atoms with Gasteiger partial charge in [0.2, 0.25) is 0 Å². The van der Waals surface area contributed by atoms with Gasteiger partial charge in [-0.2, -0.15) is 13.2 Å². The molecule has 34 heavy (non-hydrogen) atoms. The number of nitrogens with one attached hydrogen (secondary N) is 2. The number of carbonyl (C=O) groups excluding carboxylic acids is 1. The van der Waals surface area contributed by atoms with Gasteiger partial charge in [-0.1, -0.05) is 29.3 Å². The summed E-state index contributed by atoms with van der Waals surface area (Å²) in [6, 6.07) is 7.38. The van der Waals surface area contributed by atoms with Gasteiger partial charge in [0.25, 0.3) is 11.8 Å². The van der Waals surface area contributed by atoms with Gasteiger partial charge in [0.1, 0.15) is 5.56 Å². The molecular formula is C20H14Cl2F4N4O3S. The van der Waals surface area contributed by atoms with Crippen LogP contribution in [-0.4, -0.2) is 26.6 Å². The maximum Gasteiger partial charge on any atom is 0.435 e. The number of amides is 1. The smallest absolute Gasteiger partial charge is 0.432 e. The number of carbonyl (C=O) groups is 1. The van der Waals surface area contributed by atoms with Crippen molar-refractivity contribution < 1.29 is 31.3 Å². The number of halogens is 6. The van der Waals surface area contributed by atoms with Crippen LogP contribution in [0.2, 0.25) is 10.0 Å². The summed E-state index contributed by atoms with van der Waals surface area (Å²) in [5.74, 6) is -3.54. The maximum absolute atomic E-state index is 14.3. The second kappa shape index (κ2) is 9.35. The van der Waals surface area contributed by atoms with Crippen LogP contribution in [0.5, 0.6) is 11.6 Å². The van der Waals surface area contributed by atoms with Crippen molar-refractivity contribution in [2.75, 3.05) is 11.6 Å². The summed E-state index contributed by atoms with van der Waals surface area (Å²) >= 11 is 11.6. The second-order valence-corrected chi connectivity index (χ2v) is 9.98. The largest absolute Gasteiger partial charge is 0.435 e. The van der Waals surface area contributed by atoms with Gasteiger partial charge in [-0.05, 0) is 42.8 Å². The minimum atomic E-state index is -4.95. The number of hydrogen-bond acceptors (Lipinski definition) is 6. The third-order valence-corrected chi connectivity index (χ3v) is 6.04. The van der Waals surface area contributed by atoms with Crippen LogP contribution in [0.4, 0.5) is 23.2 Å². The zero-order valence-electron chi connectivity index (χ0n) is 17.3. The molecule has 0 saturated carbocycles. The van der Waals surface area contributed by atoms with Crippen LogP contribution in [0.15, 0.2) is 41.3 Å². The van der Waals surface area contributed by atoms with E-state index >= 15 is 0 Å². The SMILES string of the molecule is Cc1c(C(F)(F)F)nnc(Oc2c(F)cc(Cl)cc2Cl)c1C(=O)Nc1cccc(S(C)(=N)=O)c1. The van der Waals surface area contributed by atoms with E-state index in [0.717, 1.165) is 25.3 Å². The Morgan fingerprint density at radius 1 is 1.18 bits per heavy atom. The van der Waals surface area contributed by atoms with Gasteiger partial charge >= 0.3 is 6.18 Å². The Kier molecular flexibility index (Phi) is 7.06. The summed E-state index contributed by atoms with van der Waals surface area (Å²) in [5, 5.41) is 8.38. The molecule has 1 aromatic heterocycles. The number of ether oxygens (including phenoxy) is 1. The zero-order valence-corrected chi connectivity index (χ0v) is 19.6. The van der Waals surface area contributed by atoms with Crippen molar-refractivity contribution in [2.24, 2.45) is 0 Å². The fourth-order valence-electron chi connectivity index (χ4n) is 2.84. The number of anilines is 1. The highest BCUT2D eigenvalue weighted by Gasteiger charge is 2.38. The first kappa shape index (κ1) is 25.7. The van der Waals surface area contributed by atoms with E-state index in [1.165, 1.54) is 24.3 Å². The first-order valence-electron chi connectivity index (χ1n) is 9.10. The van der Waals surface area contributed by atoms with Gasteiger partial charge in [0.05, 0.1) is 14.8 Å². The summed E-state index contributed by atoms with van der Waals surface area (Å²) in [5.41, 5.74) is -2.75. The van der Waals surface area contributed by atoms with Gasteiger partial charge in [-0.25, -0.2) is 13.4 Å². The average molecular weight is 537 g/mol. The molecule has 0 bridgehead atoms. The first-order valence-corrected chi connectivity index (χ1v) is 11.8. The number of aromatic nitrogens is 2. The van der Waals surface area contributed by atoms with Crippen LogP contribution in [0.1, 0.15) is 21.6 Å². The highest BCUT2D eigenvalue weighted by molar-refractivity contribution is 7.91. The lowest BCUT2D eigenvalue weighted by Gasteiger charge is -2.17. The minimum absolute atomic E-state index is 0.0377. The van der Waals surface area contributed by atoms with Crippen LogP contribution in [-0.2, 0) is 15.9 Å². The molecule has 0 aliphatic rings. The van der Waals surface area contributed by atoms with Crippen molar-refractivity contribution >= 4 is 44.5 Å². The van der Waals surface area contributed by atoms with Crippen LogP contribution < -0.4 is 10.1 Å². The highest BCUT2D eigenvalue weighted by atomic mass is 35.5. The molecule has 7 nitrogen and oxygen atoms in total. The number of rotatable bonds is 5. The molecule has 2 aromatic carbocycles. The molecule has 0 aliphatic heterocycles. The number of nitrogens with zero attached hydrogens (tertiary/aromatic N) is 2. The molecular weight excluding hydrogens is 523 g/mol. The summed E-state index contributed by atoms with van der Waals surface area (Å²) in [4.78, 5) is 13.1. The molecule has 180 valence electrons. The predicted octanol–water partition coefficient (Wildman–Crippen LogP) is 6.33. The fourth-order valence-corrected chi connectivity index (χ4v) is 4.04. The van der Waals surface area contributed by atoms with Gasteiger partial charge in [0, 0.05) is 21.9 Å². The Balaban J connectivity index is 2.11. The lowest BCUT2D eigenvalue weighted by molar-refractivity contribution is -0.142. The summed E-state index contributed by atoms with van der Waals surface area (Å²) in [7, 11) is -3.14. The van der Waals surface area contributed by atoms with E-state index in [9.17, 15) is 26.6 Å². The molecule has 1 unspecified atom stereocenters. The van der Waals surface area contributed by atoms with Crippen LogP contribution in [0.3, 0.4) is 0 Å². The van der Waals surface area contributed by atoms with Crippen molar-refractivity contribution in [3.05, 3.63) is 69.1 Å². The topological polar surface area (TPSA) is 105 Å². The van der Waals surface area contributed by atoms with E-state index in [2.05, 4.69) is 15.5 Å². The number of hydrogen-bond donors (Lipinski definition) is 2. The molecule has 3 rings (SSSR count). The Morgan fingerprint density at radius 2 is 1.85 bits per heavy atom. The Labute approximate surface area is 201 Å². The molecule has 14 heteroatoms. The van der Waals surface area contributed by atoms with Crippen molar-refractivity contribution in [2.45, 2.75) is 18.0 Å². The van der Waals surface area contributed by atoms with Crippen LogP contribution in [0.25, 0.3) is 0 Å². The highest BCUT2D eigenvalue weighted by Crippen LogP contribution is 2.38. The average Bonchev–Trinajstić information content (AvgIpc) is 2.69. The summed E-state index contributed by atoms with van der Waals surface area (Å²) in [6.07, 6.45) is -3.79. The molecule has 1 amide bonds. The van der Waals surface area contributed by atoms with E-state index in [0.29, 0.717) is 0 Å². The van der Waals surface area contributed by atoms with Crippen molar-refractivity contribution in [3.8, 4) is 11.6 Å². The maximum atomic E-state index is 14.3. The molecule has 0 radical (unpaired) electrons. The quantitative estimate of drug-likeness (QED) is 0.370. The van der Waals surface area contributed by atoms with E-state index in [1.54, 1.807) is 0 Å². The van der Waals surface area contributed by atoms with Gasteiger partial charge < -0.3 is 10.1 Å². The second-order valence-electron chi connectivity index (χ2n) is 6.98. The van der Waals surface area contributed by atoms with Gasteiger partial charge in [0.15, 0.2) is 17.3 Å². The summed E-state index contributed by atoms with van der Waals surface area (Å²) in [6.45, 7) is 0.970. The Bertz CT molecular complexity index is 1380. The Hall–Kier alpha value is -2.96. The molecule has 2 N–H and O–H groups in total. The van der Waals surface area contributed by atoms with Crippen molar-refractivity contribution in [1.82, 2.24) is 10.2 Å². The third-order valence-electron chi connectivity index (χ3n) is 4.38. The lowest BCUT2D eigenvalue weighted by atomic mass is 10.1. The third kappa shape index (κ3) is 5.57. The number of benzene rings is 2. The van der Waals surface area contributed by atoms with E-state index in [1.807, 2.05) is 0 Å². The van der Waals surface area contributed by atoms with E-state index in [4.69, 9.17) is 32.7 Å². The molecule has 1 heterocycles. The fraction of sp³-hybridized carbons (Fsp3) is 0.150. The van der Waals surface area contributed by atoms with Gasteiger partial charge in [-0.15, -0.1) is 10.2 Å². The zero-order chi connectivity index (χ0) is 25.4. The van der Waals surface area contributed by atoms with Crippen molar-refractivity contribution in [3.63, 3.8) is 0 Å². The van der Waals surface area contributed by atoms with E-state index in [-0.39, 0.29) is 20.6 Å². The van der Waals surface area contributed by atoms with Gasteiger partial charge in [-0.3, -0.25) is 4.79 Å². The molecule has 3 aromatic rings. The number of alkyl halides is 3. The van der Waals surface area contributed by atoms with E-state index < -0.39 is 56.1 Å². The molecule has 0 aliphatic carbocycles. The molecule has 1 atom stereocenters. The standard InChI is InChI=1S/C20H14Cl2F4N4O3S/c1-9-15(18(31)28-11-4-3-5-12(8-11)34(2,27)32)19(30-29-17(9)20(24,25)26)33-16-13(22)6-10(21)7-14(16)23/h3-8,27H,1-2H3,(H,28,31). The lowest BCUT2D eigenvalue weighted by Crippen LogP contribution is -2.21.